The van der Waals surface area contributed by atoms with Gasteiger partial charge >= 0.3 is 0 Å². The summed E-state index contributed by atoms with van der Waals surface area (Å²) in [5, 5.41) is 0. The largest absolute Gasteiger partial charge is 0.309 e. The van der Waals surface area contributed by atoms with Crippen molar-refractivity contribution in [1.82, 2.24) is 9.80 Å². The first-order valence-electron chi connectivity index (χ1n) is 7.89. The van der Waals surface area contributed by atoms with E-state index < -0.39 is 19.7 Å². The third kappa shape index (κ3) is 6.88. The Bertz CT molecular complexity index is 646. The second kappa shape index (κ2) is 8.94. The zero-order valence-electron chi connectivity index (χ0n) is 14.9. The molecule has 1 aromatic carbocycles. The van der Waals surface area contributed by atoms with Crippen LogP contribution < -0.4 is 0 Å². The van der Waals surface area contributed by atoms with Crippen LogP contribution in [0.25, 0.3) is 0 Å². The summed E-state index contributed by atoms with van der Waals surface area (Å²) in [4.78, 5) is 4.21. The summed E-state index contributed by atoms with van der Waals surface area (Å²) in [5.74, 6) is 0.111. The van der Waals surface area contributed by atoms with E-state index in [4.69, 9.17) is 0 Å². The molecule has 0 amide bonds. The molecule has 0 saturated heterocycles. The van der Waals surface area contributed by atoms with Crippen molar-refractivity contribution in [2.45, 2.75) is 22.6 Å². The molecule has 0 atom stereocenters. The average Bonchev–Trinajstić information content (AvgIpc) is 2.46. The van der Waals surface area contributed by atoms with Crippen LogP contribution in [0.1, 0.15) is 12.8 Å². The summed E-state index contributed by atoms with van der Waals surface area (Å²) >= 11 is 0. The molecule has 8 heteroatoms. The van der Waals surface area contributed by atoms with E-state index in [9.17, 15) is 16.8 Å². The van der Waals surface area contributed by atoms with Crippen molar-refractivity contribution in [2.24, 2.45) is 0 Å². The summed E-state index contributed by atoms with van der Waals surface area (Å²) in [7, 11) is 0.817. The van der Waals surface area contributed by atoms with Crippen molar-refractivity contribution < 1.29 is 16.8 Å². The number of benzene rings is 1. The summed E-state index contributed by atoms with van der Waals surface area (Å²) in [6.45, 7) is 1.38. The van der Waals surface area contributed by atoms with E-state index in [-0.39, 0.29) is 21.3 Å². The standard InChI is InChI=1S/C16H28N2O4S2/c1-17(2)11-5-13-23(19,20)15-7-9-16(10-8-15)24(21,22)14-6-12-18(3)4/h7-10H,5-6,11-14H2,1-4H3. The molecule has 0 saturated carbocycles. The van der Waals surface area contributed by atoms with Crippen molar-refractivity contribution >= 4 is 19.7 Å². The van der Waals surface area contributed by atoms with E-state index in [0.29, 0.717) is 25.9 Å². The molecule has 0 fully saturated rings. The fraction of sp³-hybridized carbons (Fsp3) is 0.625. The van der Waals surface area contributed by atoms with Crippen molar-refractivity contribution in [1.29, 1.82) is 0 Å². The molecule has 0 aliphatic heterocycles. The van der Waals surface area contributed by atoms with Gasteiger partial charge in [-0.15, -0.1) is 0 Å². The fourth-order valence-electron chi connectivity index (χ4n) is 2.23. The van der Waals surface area contributed by atoms with Crippen LogP contribution >= 0.6 is 0 Å². The lowest BCUT2D eigenvalue weighted by Gasteiger charge is -2.11. The quantitative estimate of drug-likeness (QED) is 0.610. The first-order chi connectivity index (χ1) is 11.0. The van der Waals surface area contributed by atoms with Gasteiger partial charge in [-0.2, -0.15) is 0 Å². The molecule has 1 rings (SSSR count). The van der Waals surface area contributed by atoms with Crippen molar-refractivity contribution in [3.05, 3.63) is 24.3 Å². The van der Waals surface area contributed by atoms with E-state index in [1.165, 1.54) is 24.3 Å². The third-order valence-corrected chi connectivity index (χ3v) is 7.21. The Hall–Kier alpha value is -0.960. The topological polar surface area (TPSA) is 74.8 Å². The van der Waals surface area contributed by atoms with Crippen LogP contribution in [0.2, 0.25) is 0 Å². The maximum absolute atomic E-state index is 12.2. The molecule has 0 aromatic heterocycles. The summed E-state index contributed by atoms with van der Waals surface area (Å²) in [6, 6.07) is 5.57. The summed E-state index contributed by atoms with van der Waals surface area (Å²) < 4.78 is 49.0. The molecule has 0 aliphatic rings. The van der Waals surface area contributed by atoms with Crippen LogP contribution in [0.4, 0.5) is 0 Å². The summed E-state index contributed by atoms with van der Waals surface area (Å²) in [6.07, 6.45) is 1.08. The highest BCUT2D eigenvalue weighted by molar-refractivity contribution is 7.91. The molecule has 0 radical (unpaired) electrons. The minimum absolute atomic E-state index is 0.0557. The van der Waals surface area contributed by atoms with Gasteiger partial charge in [-0.3, -0.25) is 0 Å². The molecule has 0 N–H and O–H groups in total. The Morgan fingerprint density at radius 1 is 0.667 bits per heavy atom. The average molecular weight is 377 g/mol. The Balaban J connectivity index is 2.77. The molecular formula is C16H28N2O4S2. The highest BCUT2D eigenvalue weighted by Crippen LogP contribution is 2.18. The third-order valence-electron chi connectivity index (χ3n) is 3.58. The summed E-state index contributed by atoms with van der Waals surface area (Å²) in [5.41, 5.74) is 0. The van der Waals surface area contributed by atoms with Gasteiger partial charge < -0.3 is 9.80 Å². The van der Waals surface area contributed by atoms with E-state index >= 15 is 0 Å². The van der Waals surface area contributed by atoms with Gasteiger partial charge in [0.05, 0.1) is 21.3 Å². The normalized spacial score (nSPS) is 12.9. The number of sulfone groups is 2. The van der Waals surface area contributed by atoms with Gasteiger partial charge in [0.15, 0.2) is 19.7 Å². The van der Waals surface area contributed by atoms with Crippen LogP contribution in [0.5, 0.6) is 0 Å². The monoisotopic (exact) mass is 376 g/mol. The lowest BCUT2D eigenvalue weighted by atomic mass is 10.4. The lowest BCUT2D eigenvalue weighted by molar-refractivity contribution is 0.408. The fourth-order valence-corrected chi connectivity index (χ4v) is 4.82. The van der Waals surface area contributed by atoms with Crippen LogP contribution in [0.15, 0.2) is 34.1 Å². The van der Waals surface area contributed by atoms with Gasteiger partial charge in [-0.25, -0.2) is 16.8 Å². The van der Waals surface area contributed by atoms with Gasteiger partial charge in [0, 0.05) is 0 Å². The van der Waals surface area contributed by atoms with Gasteiger partial charge in [0.2, 0.25) is 0 Å². The van der Waals surface area contributed by atoms with Crippen molar-refractivity contribution in [3.8, 4) is 0 Å². The second-order valence-corrected chi connectivity index (χ2v) is 10.6. The minimum atomic E-state index is -3.37. The molecule has 0 bridgehead atoms. The molecule has 0 spiro atoms. The maximum atomic E-state index is 12.2. The molecule has 24 heavy (non-hydrogen) atoms. The highest BCUT2D eigenvalue weighted by atomic mass is 32.2. The Morgan fingerprint density at radius 2 is 0.958 bits per heavy atom. The van der Waals surface area contributed by atoms with Crippen molar-refractivity contribution in [3.63, 3.8) is 0 Å². The van der Waals surface area contributed by atoms with E-state index in [1.807, 2.05) is 38.0 Å². The molecule has 0 aliphatic carbocycles. The molecule has 6 nitrogen and oxygen atoms in total. The molecule has 0 unspecified atom stereocenters. The van der Waals surface area contributed by atoms with Gasteiger partial charge in [-0.1, -0.05) is 0 Å². The molecule has 0 heterocycles. The number of hydrogen-bond acceptors (Lipinski definition) is 6. The Kier molecular flexibility index (Phi) is 7.85. The molecular weight excluding hydrogens is 348 g/mol. The predicted molar refractivity (Wildman–Crippen MR) is 96.9 cm³/mol. The zero-order chi connectivity index (χ0) is 18.4. The van der Waals surface area contributed by atoms with E-state index in [2.05, 4.69) is 0 Å². The maximum Gasteiger partial charge on any atom is 0.178 e. The number of rotatable bonds is 10. The minimum Gasteiger partial charge on any atom is -0.309 e. The second-order valence-electron chi connectivity index (χ2n) is 6.42. The number of hydrogen-bond donors (Lipinski definition) is 0. The highest BCUT2D eigenvalue weighted by Gasteiger charge is 2.18. The molecule has 138 valence electrons. The van der Waals surface area contributed by atoms with Crippen molar-refractivity contribution in [2.75, 3.05) is 52.8 Å². The number of nitrogens with zero attached hydrogens (tertiary/aromatic N) is 2. The lowest BCUT2D eigenvalue weighted by Crippen LogP contribution is -2.18. The molecule has 1 aromatic rings. The van der Waals surface area contributed by atoms with Crippen LogP contribution in [0, 0.1) is 0 Å². The van der Waals surface area contributed by atoms with Crippen LogP contribution in [-0.4, -0.2) is 79.4 Å². The van der Waals surface area contributed by atoms with Gasteiger partial charge in [0.1, 0.15) is 0 Å². The van der Waals surface area contributed by atoms with Gasteiger partial charge in [0.25, 0.3) is 0 Å². The van der Waals surface area contributed by atoms with Gasteiger partial charge in [-0.05, 0) is 78.4 Å². The van der Waals surface area contributed by atoms with Crippen LogP contribution in [0.3, 0.4) is 0 Å². The van der Waals surface area contributed by atoms with E-state index in [1.54, 1.807) is 0 Å². The van der Waals surface area contributed by atoms with Crippen LogP contribution in [-0.2, 0) is 19.7 Å². The first-order valence-corrected chi connectivity index (χ1v) is 11.2. The predicted octanol–water partition coefficient (Wildman–Crippen LogP) is 1.14. The zero-order valence-corrected chi connectivity index (χ0v) is 16.5. The SMILES string of the molecule is CN(C)CCCS(=O)(=O)c1ccc(S(=O)(=O)CCCN(C)C)cc1. The Morgan fingerprint density at radius 3 is 1.21 bits per heavy atom. The Labute approximate surface area is 146 Å². The van der Waals surface area contributed by atoms with E-state index in [0.717, 1.165) is 0 Å². The smallest absolute Gasteiger partial charge is 0.178 e. The first kappa shape index (κ1) is 21.1.